The Labute approximate surface area is 123 Å². The molecule has 5 heteroatoms. The molecule has 0 fully saturated rings. The van der Waals surface area contributed by atoms with Crippen LogP contribution in [-0.2, 0) is 9.53 Å². The summed E-state index contributed by atoms with van der Waals surface area (Å²) >= 11 is 0. The lowest BCUT2D eigenvalue weighted by molar-refractivity contribution is -0.141. The lowest BCUT2D eigenvalue weighted by atomic mass is 10.0. The lowest BCUT2D eigenvalue weighted by Crippen LogP contribution is -2.30. The van der Waals surface area contributed by atoms with Crippen molar-refractivity contribution in [3.05, 3.63) is 66.0 Å². The molecule has 1 aromatic heterocycles. The number of carbonyl (C=O) groups excluding carboxylic acids is 2. The molecule has 0 saturated carbocycles. The van der Waals surface area contributed by atoms with Gasteiger partial charge in [-0.3, -0.25) is 14.6 Å². The third-order valence-corrected chi connectivity index (χ3v) is 3.03. The molecule has 0 bridgehead atoms. The Balaban J connectivity index is 2.16. The first kappa shape index (κ1) is 14.7. The van der Waals surface area contributed by atoms with Crippen LogP contribution in [-0.4, -0.2) is 24.0 Å². The molecule has 2 aromatic rings. The van der Waals surface area contributed by atoms with Crippen LogP contribution in [0.1, 0.15) is 28.4 Å². The maximum Gasteiger partial charge on any atom is 0.307 e. The van der Waals surface area contributed by atoms with Crippen LogP contribution in [0.4, 0.5) is 0 Å². The number of pyridine rings is 1. The molecule has 0 spiro atoms. The summed E-state index contributed by atoms with van der Waals surface area (Å²) in [6, 6.07) is 12.2. The fraction of sp³-hybridized carbons (Fsp3) is 0.188. The minimum atomic E-state index is -0.439. The third-order valence-electron chi connectivity index (χ3n) is 3.03. The Kier molecular flexibility index (Phi) is 5.04. The van der Waals surface area contributed by atoms with Crippen LogP contribution in [0, 0.1) is 0 Å². The molecule has 2 rings (SSSR count). The number of hydrogen-bond acceptors (Lipinski definition) is 4. The summed E-state index contributed by atoms with van der Waals surface area (Å²) in [4.78, 5) is 27.6. The van der Waals surface area contributed by atoms with E-state index in [1.165, 1.54) is 13.3 Å². The van der Waals surface area contributed by atoms with Crippen LogP contribution in [0.15, 0.2) is 54.9 Å². The zero-order valence-corrected chi connectivity index (χ0v) is 11.7. The molecule has 0 saturated heterocycles. The van der Waals surface area contributed by atoms with Crippen molar-refractivity contribution >= 4 is 11.9 Å². The molecule has 1 heterocycles. The van der Waals surface area contributed by atoms with Gasteiger partial charge in [-0.25, -0.2) is 0 Å². The number of nitrogens with one attached hydrogen (secondary N) is 1. The summed E-state index contributed by atoms with van der Waals surface area (Å²) in [6.07, 6.45) is 3.15. The topological polar surface area (TPSA) is 68.3 Å². The zero-order chi connectivity index (χ0) is 15.1. The second-order valence-corrected chi connectivity index (χ2v) is 4.46. The van der Waals surface area contributed by atoms with E-state index in [1.807, 2.05) is 30.3 Å². The Morgan fingerprint density at radius 1 is 1.19 bits per heavy atom. The van der Waals surface area contributed by atoms with E-state index < -0.39 is 6.04 Å². The van der Waals surface area contributed by atoms with Crippen LogP contribution in [0.3, 0.4) is 0 Å². The number of ether oxygens (including phenoxy) is 1. The smallest absolute Gasteiger partial charge is 0.307 e. The summed E-state index contributed by atoms with van der Waals surface area (Å²) in [7, 11) is 1.33. The fourth-order valence-corrected chi connectivity index (χ4v) is 1.93. The molecule has 1 aromatic carbocycles. The number of carbonyl (C=O) groups is 2. The highest BCUT2D eigenvalue weighted by Crippen LogP contribution is 2.17. The SMILES string of the molecule is COC(=O)CC(NC(=O)c1cccnc1)c1ccccc1. The van der Waals surface area contributed by atoms with Crippen LogP contribution in [0.25, 0.3) is 0 Å². The minimum Gasteiger partial charge on any atom is -0.469 e. The van der Waals surface area contributed by atoms with Crippen molar-refractivity contribution in [1.82, 2.24) is 10.3 Å². The molecule has 5 nitrogen and oxygen atoms in total. The van der Waals surface area contributed by atoms with Crippen molar-refractivity contribution in [3.8, 4) is 0 Å². The van der Waals surface area contributed by atoms with Gasteiger partial charge in [0.05, 0.1) is 25.1 Å². The number of methoxy groups -OCH3 is 1. The van der Waals surface area contributed by atoms with Gasteiger partial charge >= 0.3 is 5.97 Å². The summed E-state index contributed by atoms with van der Waals surface area (Å²) in [5.74, 6) is -0.656. The average molecular weight is 284 g/mol. The van der Waals surface area contributed by atoms with Crippen LogP contribution >= 0.6 is 0 Å². The quantitative estimate of drug-likeness (QED) is 0.854. The van der Waals surface area contributed by atoms with Crippen LogP contribution in [0.5, 0.6) is 0 Å². The fourth-order valence-electron chi connectivity index (χ4n) is 1.93. The standard InChI is InChI=1S/C16H16N2O3/c1-21-15(19)10-14(12-6-3-2-4-7-12)18-16(20)13-8-5-9-17-11-13/h2-9,11,14H,10H2,1H3,(H,18,20). The maximum absolute atomic E-state index is 12.2. The van der Waals surface area contributed by atoms with Gasteiger partial charge in [-0.2, -0.15) is 0 Å². The minimum absolute atomic E-state index is 0.0759. The molecule has 1 amide bonds. The van der Waals surface area contributed by atoms with Gasteiger partial charge in [0, 0.05) is 12.4 Å². The van der Waals surface area contributed by atoms with Crippen molar-refractivity contribution in [2.24, 2.45) is 0 Å². The van der Waals surface area contributed by atoms with E-state index in [1.54, 1.807) is 18.3 Å². The molecular weight excluding hydrogens is 268 g/mol. The van der Waals surface area contributed by atoms with Crippen molar-refractivity contribution in [1.29, 1.82) is 0 Å². The lowest BCUT2D eigenvalue weighted by Gasteiger charge is -2.18. The van der Waals surface area contributed by atoms with Crippen LogP contribution < -0.4 is 5.32 Å². The summed E-state index contributed by atoms with van der Waals surface area (Å²) in [6.45, 7) is 0. The van der Waals surface area contributed by atoms with Crippen molar-refractivity contribution in [2.75, 3.05) is 7.11 Å². The van der Waals surface area contributed by atoms with E-state index in [4.69, 9.17) is 0 Å². The molecule has 0 aliphatic rings. The molecule has 0 radical (unpaired) electrons. The molecular formula is C16H16N2O3. The average Bonchev–Trinajstić information content (AvgIpc) is 2.55. The van der Waals surface area contributed by atoms with Crippen molar-refractivity contribution < 1.29 is 14.3 Å². The van der Waals surface area contributed by atoms with E-state index in [0.29, 0.717) is 5.56 Å². The summed E-state index contributed by atoms with van der Waals surface area (Å²) < 4.78 is 4.69. The molecule has 1 N–H and O–H groups in total. The number of nitrogens with zero attached hydrogens (tertiary/aromatic N) is 1. The largest absolute Gasteiger partial charge is 0.469 e. The van der Waals surface area contributed by atoms with E-state index in [-0.39, 0.29) is 18.3 Å². The van der Waals surface area contributed by atoms with Gasteiger partial charge in [0.2, 0.25) is 0 Å². The van der Waals surface area contributed by atoms with Crippen LogP contribution in [0.2, 0.25) is 0 Å². The second kappa shape index (κ2) is 7.19. The Morgan fingerprint density at radius 2 is 1.95 bits per heavy atom. The van der Waals surface area contributed by atoms with Gasteiger partial charge < -0.3 is 10.1 Å². The molecule has 1 unspecified atom stereocenters. The van der Waals surface area contributed by atoms with E-state index >= 15 is 0 Å². The van der Waals surface area contributed by atoms with Gasteiger partial charge in [-0.05, 0) is 17.7 Å². The Bertz CT molecular complexity index is 599. The molecule has 0 aliphatic carbocycles. The number of benzene rings is 1. The van der Waals surface area contributed by atoms with Crippen molar-refractivity contribution in [2.45, 2.75) is 12.5 Å². The number of rotatable bonds is 5. The Morgan fingerprint density at radius 3 is 2.57 bits per heavy atom. The number of hydrogen-bond donors (Lipinski definition) is 1. The van der Waals surface area contributed by atoms with Gasteiger partial charge in [0.25, 0.3) is 5.91 Å². The summed E-state index contributed by atoms with van der Waals surface area (Å²) in [5, 5.41) is 2.84. The van der Waals surface area contributed by atoms with Gasteiger partial charge in [0.1, 0.15) is 0 Å². The van der Waals surface area contributed by atoms with Gasteiger partial charge in [-0.1, -0.05) is 30.3 Å². The second-order valence-electron chi connectivity index (χ2n) is 4.46. The zero-order valence-electron chi connectivity index (χ0n) is 11.7. The molecule has 1 atom stereocenters. The van der Waals surface area contributed by atoms with Crippen molar-refractivity contribution in [3.63, 3.8) is 0 Å². The number of aromatic nitrogens is 1. The normalized spacial score (nSPS) is 11.5. The highest BCUT2D eigenvalue weighted by Gasteiger charge is 2.19. The molecule has 108 valence electrons. The predicted octanol–water partition coefficient (Wildman–Crippen LogP) is 2.12. The van der Waals surface area contributed by atoms with Gasteiger partial charge in [-0.15, -0.1) is 0 Å². The first-order valence-corrected chi connectivity index (χ1v) is 6.53. The third kappa shape index (κ3) is 4.14. The highest BCUT2D eigenvalue weighted by molar-refractivity contribution is 5.94. The summed E-state index contributed by atoms with van der Waals surface area (Å²) in [5.41, 5.74) is 1.29. The number of amides is 1. The molecule has 21 heavy (non-hydrogen) atoms. The van der Waals surface area contributed by atoms with E-state index in [2.05, 4.69) is 15.0 Å². The van der Waals surface area contributed by atoms with E-state index in [9.17, 15) is 9.59 Å². The predicted molar refractivity (Wildman–Crippen MR) is 77.5 cm³/mol. The molecule has 0 aliphatic heterocycles. The van der Waals surface area contributed by atoms with Gasteiger partial charge in [0.15, 0.2) is 0 Å². The maximum atomic E-state index is 12.2. The number of esters is 1. The Hall–Kier alpha value is -2.69. The monoisotopic (exact) mass is 284 g/mol. The first-order valence-electron chi connectivity index (χ1n) is 6.53. The first-order chi connectivity index (χ1) is 10.2. The highest BCUT2D eigenvalue weighted by atomic mass is 16.5. The van der Waals surface area contributed by atoms with E-state index in [0.717, 1.165) is 5.56 Å².